The number of aliphatic hydroxyl groups is 2. The monoisotopic (exact) mass is 374 g/mol. The van der Waals surface area contributed by atoms with Gasteiger partial charge in [-0.2, -0.15) is 0 Å². The Kier molecular flexibility index (Phi) is 5.43. The van der Waals surface area contributed by atoms with Crippen molar-refractivity contribution < 1.29 is 19.4 Å². The summed E-state index contributed by atoms with van der Waals surface area (Å²) < 4.78 is 14.5. The lowest BCUT2D eigenvalue weighted by Crippen LogP contribution is -2.56. The first-order valence-electron chi connectivity index (χ1n) is 8.84. The molecule has 1 aliphatic rings. The van der Waals surface area contributed by atoms with Crippen molar-refractivity contribution in [3.63, 3.8) is 0 Å². The zero-order valence-corrected chi connectivity index (χ0v) is 15.1. The van der Waals surface area contributed by atoms with Crippen molar-refractivity contribution in [2.45, 2.75) is 18.9 Å². The topological polar surface area (TPSA) is 82.8 Å². The van der Waals surface area contributed by atoms with Crippen molar-refractivity contribution in [1.29, 1.82) is 0 Å². The van der Waals surface area contributed by atoms with E-state index in [2.05, 4.69) is 0 Å². The van der Waals surface area contributed by atoms with Crippen LogP contribution in [0.5, 0.6) is 0 Å². The Morgan fingerprint density at radius 2 is 1.96 bits per heavy atom. The van der Waals surface area contributed by atoms with Crippen LogP contribution in [0.2, 0.25) is 0 Å². The molecule has 144 valence electrons. The molecule has 27 heavy (non-hydrogen) atoms. The summed E-state index contributed by atoms with van der Waals surface area (Å²) in [6.07, 6.45) is 1.36. The SMILES string of the molecule is Cn1cc(C(=O)N2CC[C@H](O)[C@@](CO)(Cc3ccc(F)cc3)C2)ccc1=O. The molecule has 0 saturated carbocycles. The number of aromatic nitrogens is 1. The fraction of sp³-hybridized carbons (Fsp3) is 0.400. The summed E-state index contributed by atoms with van der Waals surface area (Å²) in [6.45, 7) is 0.223. The van der Waals surface area contributed by atoms with Gasteiger partial charge in [-0.05, 0) is 36.6 Å². The maximum atomic E-state index is 13.2. The zero-order valence-electron chi connectivity index (χ0n) is 15.1. The van der Waals surface area contributed by atoms with Crippen molar-refractivity contribution in [2.24, 2.45) is 12.5 Å². The highest BCUT2D eigenvalue weighted by molar-refractivity contribution is 5.94. The van der Waals surface area contributed by atoms with E-state index in [1.54, 1.807) is 24.1 Å². The molecule has 2 N–H and O–H groups in total. The van der Waals surface area contributed by atoms with Crippen molar-refractivity contribution in [1.82, 2.24) is 9.47 Å². The lowest BCUT2D eigenvalue weighted by atomic mass is 9.73. The number of halogens is 1. The van der Waals surface area contributed by atoms with Crippen molar-refractivity contribution >= 4 is 5.91 Å². The second-order valence-corrected chi connectivity index (χ2v) is 7.22. The summed E-state index contributed by atoms with van der Waals surface area (Å²) in [5.74, 6) is -0.609. The highest BCUT2D eigenvalue weighted by Gasteiger charge is 2.43. The fourth-order valence-corrected chi connectivity index (χ4v) is 3.62. The fourth-order valence-electron chi connectivity index (χ4n) is 3.62. The third-order valence-corrected chi connectivity index (χ3v) is 5.29. The van der Waals surface area contributed by atoms with E-state index in [0.29, 0.717) is 24.9 Å². The van der Waals surface area contributed by atoms with Crippen LogP contribution < -0.4 is 5.56 Å². The van der Waals surface area contributed by atoms with E-state index >= 15 is 0 Å². The maximum Gasteiger partial charge on any atom is 0.255 e. The lowest BCUT2D eigenvalue weighted by molar-refractivity contribution is -0.0668. The first-order valence-corrected chi connectivity index (χ1v) is 8.84. The molecule has 7 heteroatoms. The molecule has 2 atom stereocenters. The van der Waals surface area contributed by atoms with Gasteiger partial charge >= 0.3 is 0 Å². The number of rotatable bonds is 4. The van der Waals surface area contributed by atoms with E-state index < -0.39 is 11.5 Å². The highest BCUT2D eigenvalue weighted by atomic mass is 19.1. The number of benzene rings is 1. The minimum absolute atomic E-state index is 0.170. The molecule has 2 heterocycles. The van der Waals surface area contributed by atoms with Gasteiger partial charge in [0.2, 0.25) is 5.56 Å². The summed E-state index contributed by atoms with van der Waals surface area (Å²) in [5.41, 5.74) is 0.0245. The van der Waals surface area contributed by atoms with Crippen LogP contribution in [0.15, 0.2) is 47.4 Å². The molecule has 0 spiro atoms. The van der Waals surface area contributed by atoms with Gasteiger partial charge in [0, 0.05) is 37.8 Å². The largest absolute Gasteiger partial charge is 0.396 e. The Balaban J connectivity index is 1.84. The summed E-state index contributed by atoms with van der Waals surface area (Å²) in [4.78, 5) is 26.0. The van der Waals surface area contributed by atoms with Gasteiger partial charge < -0.3 is 19.7 Å². The first kappa shape index (κ1) is 19.3. The number of carbonyl (C=O) groups is 1. The maximum absolute atomic E-state index is 13.2. The number of hydrogen-bond donors (Lipinski definition) is 2. The van der Waals surface area contributed by atoms with Gasteiger partial charge in [0.1, 0.15) is 5.82 Å². The average Bonchev–Trinajstić information content (AvgIpc) is 2.67. The van der Waals surface area contributed by atoms with Gasteiger partial charge in [-0.1, -0.05) is 12.1 Å². The number of pyridine rings is 1. The van der Waals surface area contributed by atoms with Gasteiger partial charge in [-0.15, -0.1) is 0 Å². The molecule has 3 rings (SSSR count). The number of hydrogen-bond acceptors (Lipinski definition) is 4. The van der Waals surface area contributed by atoms with Crippen LogP contribution in [0.3, 0.4) is 0 Å². The first-order chi connectivity index (χ1) is 12.8. The van der Waals surface area contributed by atoms with Crippen LogP contribution >= 0.6 is 0 Å². The number of amides is 1. The van der Waals surface area contributed by atoms with Crippen LogP contribution in [0.25, 0.3) is 0 Å². The summed E-state index contributed by atoms with van der Waals surface area (Å²) in [6, 6.07) is 8.73. The van der Waals surface area contributed by atoms with E-state index in [1.807, 2.05) is 0 Å². The standard InChI is InChI=1S/C20H23FN2O4/c1-22-11-15(4-7-18(22)26)19(27)23-9-8-17(25)20(12-23,13-24)10-14-2-5-16(21)6-3-14/h2-7,11,17,24-25H,8-10,12-13H2,1H3/t17-,20-/m0/s1. The molecule has 0 bridgehead atoms. The van der Waals surface area contributed by atoms with Gasteiger partial charge in [-0.3, -0.25) is 9.59 Å². The van der Waals surface area contributed by atoms with Crippen LogP contribution in [-0.2, 0) is 13.5 Å². The van der Waals surface area contributed by atoms with E-state index in [1.165, 1.54) is 35.0 Å². The Morgan fingerprint density at radius 3 is 2.59 bits per heavy atom. The Morgan fingerprint density at radius 1 is 1.26 bits per heavy atom. The van der Waals surface area contributed by atoms with E-state index in [0.717, 1.165) is 5.56 Å². The third-order valence-electron chi connectivity index (χ3n) is 5.29. The second-order valence-electron chi connectivity index (χ2n) is 7.22. The minimum Gasteiger partial charge on any atom is -0.396 e. The Labute approximate surface area is 156 Å². The molecular formula is C20H23FN2O4. The minimum atomic E-state index is -0.924. The number of carbonyl (C=O) groups excluding carboxylic acids is 1. The molecule has 1 saturated heterocycles. The van der Waals surface area contributed by atoms with Gasteiger partial charge in [0.05, 0.1) is 18.3 Å². The van der Waals surface area contributed by atoms with E-state index in [4.69, 9.17) is 0 Å². The highest BCUT2D eigenvalue weighted by Crippen LogP contribution is 2.34. The Hall–Kier alpha value is -2.51. The quantitative estimate of drug-likeness (QED) is 0.835. The zero-order chi connectivity index (χ0) is 19.6. The average molecular weight is 374 g/mol. The second kappa shape index (κ2) is 7.62. The smallest absolute Gasteiger partial charge is 0.255 e. The van der Waals surface area contributed by atoms with Crippen molar-refractivity contribution in [2.75, 3.05) is 19.7 Å². The van der Waals surface area contributed by atoms with Gasteiger partial charge in [-0.25, -0.2) is 4.39 Å². The third kappa shape index (κ3) is 3.94. The molecule has 1 amide bonds. The van der Waals surface area contributed by atoms with Crippen molar-refractivity contribution in [3.05, 3.63) is 69.9 Å². The number of nitrogens with zero attached hydrogens (tertiary/aromatic N) is 2. The van der Waals surface area contributed by atoms with Crippen LogP contribution in [0, 0.1) is 11.2 Å². The van der Waals surface area contributed by atoms with Crippen LogP contribution in [0.1, 0.15) is 22.3 Å². The molecule has 1 aliphatic heterocycles. The summed E-state index contributed by atoms with van der Waals surface area (Å²) in [5, 5.41) is 20.6. The predicted octanol–water partition coefficient (Wildman–Crippen LogP) is 0.953. The van der Waals surface area contributed by atoms with Crippen LogP contribution in [0.4, 0.5) is 4.39 Å². The van der Waals surface area contributed by atoms with Gasteiger partial charge in [0.25, 0.3) is 5.91 Å². The molecule has 2 aromatic rings. The summed E-state index contributed by atoms with van der Waals surface area (Å²) in [7, 11) is 1.58. The number of piperidine rings is 1. The lowest BCUT2D eigenvalue weighted by Gasteiger charge is -2.45. The molecule has 0 radical (unpaired) electrons. The number of likely N-dealkylation sites (tertiary alicyclic amines) is 1. The predicted molar refractivity (Wildman–Crippen MR) is 97.8 cm³/mol. The van der Waals surface area contributed by atoms with E-state index in [-0.39, 0.29) is 30.4 Å². The molecule has 0 unspecified atom stereocenters. The number of aryl methyl sites for hydroxylation is 1. The molecule has 1 fully saturated rings. The van der Waals surface area contributed by atoms with Crippen LogP contribution in [-0.4, -0.2) is 51.4 Å². The molecule has 0 aliphatic carbocycles. The van der Waals surface area contributed by atoms with Gasteiger partial charge in [0.15, 0.2) is 0 Å². The van der Waals surface area contributed by atoms with E-state index in [9.17, 15) is 24.2 Å². The summed E-state index contributed by atoms with van der Waals surface area (Å²) >= 11 is 0. The molecule has 1 aromatic heterocycles. The molecule has 1 aromatic carbocycles. The normalized spacial score (nSPS) is 22.7. The number of aliphatic hydroxyl groups excluding tert-OH is 2. The Bertz CT molecular complexity index is 880. The van der Waals surface area contributed by atoms with Crippen molar-refractivity contribution in [3.8, 4) is 0 Å². The molecular weight excluding hydrogens is 351 g/mol. The molecule has 6 nitrogen and oxygen atoms in total.